The summed E-state index contributed by atoms with van der Waals surface area (Å²) >= 11 is 0. The summed E-state index contributed by atoms with van der Waals surface area (Å²) in [5.74, 6) is 2.01. The van der Waals surface area contributed by atoms with E-state index in [4.69, 9.17) is 14.5 Å². The summed E-state index contributed by atoms with van der Waals surface area (Å²) in [6, 6.07) is 13.4. The van der Waals surface area contributed by atoms with Gasteiger partial charge in [0.2, 0.25) is 0 Å². The zero-order valence-electron chi connectivity index (χ0n) is 17.0. The molecule has 7 heteroatoms. The van der Waals surface area contributed by atoms with E-state index >= 15 is 0 Å². The molecule has 0 aliphatic carbocycles. The number of ether oxygens (including phenoxy) is 2. The average Bonchev–Trinajstić information content (AvgIpc) is 3.22. The lowest BCUT2D eigenvalue weighted by Gasteiger charge is -2.13. The SMILES string of the molecule is COc1ccc(Nc2nc(-c3cccc(CC(C)=O)c3)cn3ccnc23)cc1OC. The highest BCUT2D eigenvalue weighted by Gasteiger charge is 2.12. The van der Waals surface area contributed by atoms with E-state index in [-0.39, 0.29) is 5.78 Å². The molecule has 0 saturated heterocycles. The Labute approximate surface area is 174 Å². The molecule has 4 rings (SSSR count). The van der Waals surface area contributed by atoms with E-state index in [1.165, 1.54) is 0 Å². The number of fused-ring (bicyclic) bond motifs is 1. The van der Waals surface area contributed by atoms with Crippen LogP contribution in [-0.4, -0.2) is 34.4 Å². The van der Waals surface area contributed by atoms with Crippen molar-refractivity contribution in [2.75, 3.05) is 19.5 Å². The van der Waals surface area contributed by atoms with Gasteiger partial charge in [-0.25, -0.2) is 9.97 Å². The Morgan fingerprint density at radius 3 is 2.70 bits per heavy atom. The molecule has 0 amide bonds. The predicted octanol–water partition coefficient (Wildman–Crippen LogP) is 4.29. The van der Waals surface area contributed by atoms with E-state index in [1.807, 2.05) is 59.3 Å². The Balaban J connectivity index is 1.75. The number of hydrogen-bond acceptors (Lipinski definition) is 6. The molecule has 2 aromatic carbocycles. The van der Waals surface area contributed by atoms with Crippen LogP contribution in [0.5, 0.6) is 11.5 Å². The third kappa shape index (κ3) is 3.96. The molecule has 0 radical (unpaired) electrons. The number of carbonyl (C=O) groups is 1. The molecule has 2 heterocycles. The fourth-order valence-corrected chi connectivity index (χ4v) is 3.33. The number of carbonyl (C=O) groups excluding carboxylic acids is 1. The quantitative estimate of drug-likeness (QED) is 0.497. The van der Waals surface area contributed by atoms with Crippen molar-refractivity contribution >= 4 is 22.9 Å². The topological polar surface area (TPSA) is 77.8 Å². The van der Waals surface area contributed by atoms with Gasteiger partial charge in [0.1, 0.15) is 5.78 Å². The average molecular weight is 402 g/mol. The summed E-state index contributed by atoms with van der Waals surface area (Å²) in [7, 11) is 3.20. The van der Waals surface area contributed by atoms with Gasteiger partial charge in [-0.3, -0.25) is 4.79 Å². The number of nitrogens with one attached hydrogen (secondary N) is 1. The number of imidazole rings is 1. The zero-order chi connectivity index (χ0) is 21.1. The second kappa shape index (κ2) is 8.24. The smallest absolute Gasteiger partial charge is 0.180 e. The van der Waals surface area contributed by atoms with Crippen LogP contribution in [0.3, 0.4) is 0 Å². The first-order valence-corrected chi connectivity index (χ1v) is 9.49. The summed E-state index contributed by atoms with van der Waals surface area (Å²) in [6.45, 7) is 1.59. The molecular formula is C23H22N4O3. The lowest BCUT2D eigenvalue weighted by Crippen LogP contribution is -2.01. The first-order chi connectivity index (χ1) is 14.6. The van der Waals surface area contributed by atoms with Crippen LogP contribution in [0, 0.1) is 0 Å². The minimum Gasteiger partial charge on any atom is -0.493 e. The zero-order valence-corrected chi connectivity index (χ0v) is 17.0. The lowest BCUT2D eigenvalue weighted by molar-refractivity contribution is -0.116. The number of anilines is 2. The number of hydrogen-bond donors (Lipinski definition) is 1. The van der Waals surface area contributed by atoms with Gasteiger partial charge in [0, 0.05) is 42.3 Å². The molecule has 0 bridgehead atoms. The van der Waals surface area contributed by atoms with E-state index in [9.17, 15) is 4.79 Å². The molecule has 152 valence electrons. The number of rotatable bonds is 7. The van der Waals surface area contributed by atoms with E-state index < -0.39 is 0 Å². The Bertz CT molecular complexity index is 1220. The third-order valence-electron chi connectivity index (χ3n) is 4.70. The first kappa shape index (κ1) is 19.4. The molecule has 2 aromatic heterocycles. The standard InChI is InChI=1S/C23H22N4O3/c1-15(28)11-16-5-4-6-17(12-16)19-14-27-10-9-24-23(27)22(26-19)25-18-7-8-20(29-2)21(13-18)30-3/h4-10,12-14H,11H2,1-3H3,(H,25,26). The number of aromatic nitrogens is 3. The Morgan fingerprint density at radius 1 is 1.10 bits per heavy atom. The number of methoxy groups -OCH3 is 2. The molecule has 30 heavy (non-hydrogen) atoms. The van der Waals surface area contributed by atoms with Crippen LogP contribution in [0.4, 0.5) is 11.5 Å². The van der Waals surface area contributed by atoms with Crippen molar-refractivity contribution in [3.63, 3.8) is 0 Å². The van der Waals surface area contributed by atoms with Crippen LogP contribution < -0.4 is 14.8 Å². The van der Waals surface area contributed by atoms with Gasteiger partial charge in [0.05, 0.1) is 19.9 Å². The second-order valence-electron chi connectivity index (χ2n) is 6.91. The highest BCUT2D eigenvalue weighted by Crippen LogP contribution is 2.32. The van der Waals surface area contributed by atoms with Gasteiger partial charge in [0.25, 0.3) is 0 Å². The molecule has 7 nitrogen and oxygen atoms in total. The fraction of sp³-hybridized carbons (Fsp3) is 0.174. The summed E-state index contributed by atoms with van der Waals surface area (Å²) in [4.78, 5) is 20.7. The van der Waals surface area contributed by atoms with Crippen molar-refractivity contribution in [1.29, 1.82) is 0 Å². The van der Waals surface area contributed by atoms with Crippen LogP contribution in [0.25, 0.3) is 16.9 Å². The Kier molecular flexibility index (Phi) is 5.34. The van der Waals surface area contributed by atoms with Crippen LogP contribution in [0.1, 0.15) is 12.5 Å². The largest absolute Gasteiger partial charge is 0.493 e. The number of ketones is 1. The van der Waals surface area contributed by atoms with Gasteiger partial charge in [-0.05, 0) is 30.7 Å². The van der Waals surface area contributed by atoms with Crippen LogP contribution in [-0.2, 0) is 11.2 Å². The van der Waals surface area contributed by atoms with Crippen molar-refractivity contribution in [3.05, 3.63) is 66.6 Å². The van der Waals surface area contributed by atoms with Crippen molar-refractivity contribution in [2.45, 2.75) is 13.3 Å². The van der Waals surface area contributed by atoms with Crippen molar-refractivity contribution in [1.82, 2.24) is 14.4 Å². The van der Waals surface area contributed by atoms with Gasteiger partial charge in [-0.1, -0.05) is 18.2 Å². The fourth-order valence-electron chi connectivity index (χ4n) is 3.33. The molecule has 4 aromatic rings. The van der Waals surface area contributed by atoms with E-state index in [0.29, 0.717) is 29.4 Å². The Morgan fingerprint density at radius 2 is 1.93 bits per heavy atom. The van der Waals surface area contributed by atoms with E-state index in [0.717, 1.165) is 22.5 Å². The maximum absolute atomic E-state index is 11.5. The number of nitrogens with zero attached hydrogens (tertiary/aromatic N) is 3. The molecule has 1 N–H and O–H groups in total. The molecular weight excluding hydrogens is 380 g/mol. The van der Waals surface area contributed by atoms with Gasteiger partial charge in [0.15, 0.2) is 23.0 Å². The maximum Gasteiger partial charge on any atom is 0.180 e. The van der Waals surface area contributed by atoms with Crippen molar-refractivity contribution in [2.24, 2.45) is 0 Å². The summed E-state index contributed by atoms with van der Waals surface area (Å²) in [6.07, 6.45) is 5.93. The van der Waals surface area contributed by atoms with Crippen molar-refractivity contribution < 1.29 is 14.3 Å². The molecule has 0 unspecified atom stereocenters. The number of Topliss-reactive ketones (excluding diaryl/α,β-unsaturated/α-hetero) is 1. The van der Waals surface area contributed by atoms with Gasteiger partial charge in [-0.15, -0.1) is 0 Å². The Hall–Kier alpha value is -3.87. The van der Waals surface area contributed by atoms with E-state index in [2.05, 4.69) is 10.3 Å². The minimum absolute atomic E-state index is 0.126. The van der Waals surface area contributed by atoms with E-state index in [1.54, 1.807) is 27.3 Å². The lowest BCUT2D eigenvalue weighted by atomic mass is 10.0. The van der Waals surface area contributed by atoms with Crippen LogP contribution in [0.2, 0.25) is 0 Å². The molecule has 0 aliphatic heterocycles. The highest BCUT2D eigenvalue weighted by molar-refractivity contribution is 5.79. The molecule has 0 fully saturated rings. The highest BCUT2D eigenvalue weighted by atomic mass is 16.5. The van der Waals surface area contributed by atoms with Crippen molar-refractivity contribution in [3.8, 4) is 22.8 Å². The maximum atomic E-state index is 11.5. The van der Waals surface area contributed by atoms with Gasteiger partial charge >= 0.3 is 0 Å². The molecule has 0 aliphatic rings. The summed E-state index contributed by atoms with van der Waals surface area (Å²) in [5.41, 5.74) is 4.16. The van der Waals surface area contributed by atoms with Gasteiger partial charge in [-0.2, -0.15) is 0 Å². The molecule has 0 saturated carbocycles. The normalized spacial score (nSPS) is 10.8. The second-order valence-corrected chi connectivity index (χ2v) is 6.91. The summed E-state index contributed by atoms with van der Waals surface area (Å²) < 4.78 is 12.6. The molecule has 0 atom stereocenters. The first-order valence-electron chi connectivity index (χ1n) is 9.49. The number of benzene rings is 2. The van der Waals surface area contributed by atoms with Crippen LogP contribution >= 0.6 is 0 Å². The van der Waals surface area contributed by atoms with Gasteiger partial charge < -0.3 is 19.2 Å². The predicted molar refractivity (Wildman–Crippen MR) is 116 cm³/mol. The molecule has 0 spiro atoms. The van der Waals surface area contributed by atoms with Crippen LogP contribution in [0.15, 0.2) is 61.1 Å². The third-order valence-corrected chi connectivity index (χ3v) is 4.70. The monoisotopic (exact) mass is 402 g/mol. The summed E-state index contributed by atoms with van der Waals surface area (Å²) in [5, 5.41) is 3.33. The minimum atomic E-state index is 0.126.